The van der Waals surface area contributed by atoms with Crippen LogP contribution in [-0.4, -0.2) is 30.2 Å². The Morgan fingerprint density at radius 3 is 2.00 bits per heavy atom. The van der Waals surface area contributed by atoms with Crippen molar-refractivity contribution < 1.29 is 19.7 Å². The Kier molecular flexibility index (Phi) is 4.93. The number of benzene rings is 4. The summed E-state index contributed by atoms with van der Waals surface area (Å²) in [5, 5.41) is 22.0. The van der Waals surface area contributed by atoms with Crippen LogP contribution in [0.25, 0.3) is 0 Å². The van der Waals surface area contributed by atoms with E-state index < -0.39 is 5.41 Å². The van der Waals surface area contributed by atoms with Crippen molar-refractivity contribution >= 4 is 5.69 Å². The molecule has 4 aromatic carbocycles. The first-order chi connectivity index (χ1) is 16.7. The van der Waals surface area contributed by atoms with E-state index >= 15 is 0 Å². The summed E-state index contributed by atoms with van der Waals surface area (Å²) in [7, 11) is 0. The summed E-state index contributed by atoms with van der Waals surface area (Å²) < 4.78 is 11.1. The fourth-order valence-corrected chi connectivity index (χ4v) is 5.41. The smallest absolute Gasteiger partial charge is 0.231 e. The van der Waals surface area contributed by atoms with Crippen LogP contribution in [0.4, 0.5) is 5.69 Å². The number of hydrogen-bond acceptors (Lipinski definition) is 5. The maximum Gasteiger partial charge on any atom is 0.231 e. The third-order valence-corrected chi connectivity index (χ3v) is 6.99. The Balaban J connectivity index is 1.55. The zero-order chi connectivity index (χ0) is 23.1. The van der Waals surface area contributed by atoms with Crippen LogP contribution in [0.1, 0.15) is 28.3 Å². The zero-order valence-electron chi connectivity index (χ0n) is 18.6. The highest BCUT2D eigenvalue weighted by atomic mass is 16.7. The van der Waals surface area contributed by atoms with Gasteiger partial charge in [-0.3, -0.25) is 0 Å². The molecule has 1 atom stereocenters. The van der Waals surface area contributed by atoms with E-state index in [1.54, 1.807) is 6.07 Å². The molecule has 2 N–H and O–H groups in total. The number of ether oxygens (including phenoxy) is 2. The normalized spacial score (nSPS) is 18.4. The van der Waals surface area contributed by atoms with E-state index in [4.69, 9.17) is 9.47 Å². The summed E-state index contributed by atoms with van der Waals surface area (Å²) in [5.74, 6) is 1.19. The fraction of sp³-hybridized carbons (Fsp3) is 0.172. The van der Waals surface area contributed by atoms with Crippen LogP contribution in [0.5, 0.6) is 17.2 Å². The number of fused-ring (bicyclic) bond motifs is 2. The molecule has 4 aromatic rings. The van der Waals surface area contributed by atoms with E-state index in [1.807, 2.05) is 36.4 Å². The second kappa shape index (κ2) is 8.12. The van der Waals surface area contributed by atoms with Gasteiger partial charge in [-0.15, -0.1) is 0 Å². The first-order valence-electron chi connectivity index (χ1n) is 11.4. The minimum atomic E-state index is -0.830. The van der Waals surface area contributed by atoms with Crippen LogP contribution in [-0.2, 0) is 5.41 Å². The molecule has 5 nitrogen and oxygen atoms in total. The van der Waals surface area contributed by atoms with Gasteiger partial charge in [0.1, 0.15) is 5.75 Å². The lowest BCUT2D eigenvalue weighted by atomic mass is 9.76. The van der Waals surface area contributed by atoms with Crippen molar-refractivity contribution in [3.05, 3.63) is 119 Å². The topological polar surface area (TPSA) is 62.2 Å². The molecule has 0 amide bonds. The summed E-state index contributed by atoms with van der Waals surface area (Å²) in [4.78, 5) is 2.33. The molecule has 170 valence electrons. The molecule has 0 aromatic heterocycles. The van der Waals surface area contributed by atoms with Gasteiger partial charge in [-0.25, -0.2) is 0 Å². The van der Waals surface area contributed by atoms with Crippen LogP contribution in [0.2, 0.25) is 0 Å². The number of rotatable bonds is 5. The van der Waals surface area contributed by atoms with Gasteiger partial charge in [0.05, 0.1) is 18.1 Å². The first kappa shape index (κ1) is 20.6. The Morgan fingerprint density at radius 1 is 0.765 bits per heavy atom. The van der Waals surface area contributed by atoms with Gasteiger partial charge in [0.2, 0.25) is 6.79 Å². The van der Waals surface area contributed by atoms with E-state index in [2.05, 4.69) is 59.5 Å². The molecule has 0 unspecified atom stereocenters. The van der Waals surface area contributed by atoms with Crippen molar-refractivity contribution in [1.29, 1.82) is 0 Å². The second-order valence-corrected chi connectivity index (χ2v) is 8.83. The largest absolute Gasteiger partial charge is 0.507 e. The van der Waals surface area contributed by atoms with Crippen LogP contribution in [0.15, 0.2) is 97.1 Å². The lowest BCUT2D eigenvalue weighted by Crippen LogP contribution is -2.39. The average Bonchev–Trinajstić information content (AvgIpc) is 3.48. The Bertz CT molecular complexity index is 1290. The summed E-state index contributed by atoms with van der Waals surface area (Å²) in [6.07, 6.45) is 0. The lowest BCUT2D eigenvalue weighted by molar-refractivity contribution is 0.173. The van der Waals surface area contributed by atoms with Crippen molar-refractivity contribution in [2.24, 2.45) is 0 Å². The number of phenols is 1. The number of anilines is 1. The summed E-state index contributed by atoms with van der Waals surface area (Å²) in [6, 6.07) is 32.3. The molecule has 0 radical (unpaired) electrons. The Morgan fingerprint density at radius 2 is 1.35 bits per heavy atom. The molecule has 5 heteroatoms. The molecular formula is C29H25NO4. The molecule has 0 fully saturated rings. The van der Waals surface area contributed by atoms with E-state index in [0.29, 0.717) is 23.6 Å². The zero-order valence-corrected chi connectivity index (χ0v) is 18.6. The Labute approximate surface area is 198 Å². The third kappa shape index (κ3) is 3.12. The molecular weight excluding hydrogens is 426 g/mol. The number of aromatic hydroxyl groups is 1. The highest BCUT2D eigenvalue weighted by Gasteiger charge is 2.48. The Hall–Kier alpha value is -3.96. The number of aliphatic hydroxyl groups excluding tert-OH is 1. The van der Waals surface area contributed by atoms with Crippen LogP contribution < -0.4 is 14.4 Å². The molecule has 2 heterocycles. The minimum absolute atomic E-state index is 0.0619. The lowest BCUT2D eigenvalue weighted by Gasteiger charge is -2.34. The minimum Gasteiger partial charge on any atom is -0.507 e. The number of phenolic OH excluding ortho intramolecular Hbond substituents is 1. The predicted molar refractivity (Wildman–Crippen MR) is 131 cm³/mol. The number of aliphatic hydroxyl groups is 1. The van der Waals surface area contributed by atoms with Crippen LogP contribution in [0, 0.1) is 0 Å². The molecule has 0 saturated carbocycles. The number of hydrogen-bond donors (Lipinski definition) is 2. The molecule has 0 saturated heterocycles. The maximum absolute atomic E-state index is 11.1. The third-order valence-electron chi connectivity index (χ3n) is 6.99. The standard InChI is InChI=1S/C29H25NO4/c31-18-29(23-15-26-27(16-25(23)32)34-19-33-26)17-30(24-14-8-7-13-22(24)29)28(20-9-3-1-4-10-20)21-11-5-2-6-12-21/h1-16,28,31-32H,17-19H2/t29-/m0/s1. The van der Waals surface area contributed by atoms with E-state index in [9.17, 15) is 10.2 Å². The molecule has 0 bridgehead atoms. The van der Waals surface area contributed by atoms with Crippen molar-refractivity contribution in [1.82, 2.24) is 0 Å². The van der Waals surface area contributed by atoms with Crippen molar-refractivity contribution in [3.8, 4) is 17.2 Å². The predicted octanol–water partition coefficient (Wildman–Crippen LogP) is 5.01. The average molecular weight is 452 g/mol. The quantitative estimate of drug-likeness (QED) is 0.447. The van der Waals surface area contributed by atoms with Crippen molar-refractivity contribution in [3.63, 3.8) is 0 Å². The summed E-state index contributed by atoms with van der Waals surface area (Å²) in [6.45, 7) is 0.450. The highest BCUT2D eigenvalue weighted by molar-refractivity contribution is 5.71. The molecule has 0 aliphatic carbocycles. The molecule has 0 spiro atoms. The fourth-order valence-electron chi connectivity index (χ4n) is 5.41. The molecule has 2 aliphatic rings. The summed E-state index contributed by atoms with van der Waals surface area (Å²) >= 11 is 0. The van der Waals surface area contributed by atoms with Gasteiger partial charge in [0.15, 0.2) is 11.5 Å². The van der Waals surface area contributed by atoms with Crippen LogP contribution in [0.3, 0.4) is 0 Å². The van der Waals surface area contributed by atoms with E-state index in [1.165, 1.54) is 0 Å². The van der Waals surface area contributed by atoms with Gasteiger partial charge < -0.3 is 24.6 Å². The number of para-hydroxylation sites is 1. The van der Waals surface area contributed by atoms with Gasteiger partial charge in [0.25, 0.3) is 0 Å². The van der Waals surface area contributed by atoms with E-state index in [-0.39, 0.29) is 25.2 Å². The van der Waals surface area contributed by atoms with Gasteiger partial charge in [0, 0.05) is 23.9 Å². The van der Waals surface area contributed by atoms with Gasteiger partial charge >= 0.3 is 0 Å². The highest BCUT2D eigenvalue weighted by Crippen LogP contribution is 2.53. The van der Waals surface area contributed by atoms with Crippen molar-refractivity contribution in [2.45, 2.75) is 11.5 Å². The monoisotopic (exact) mass is 451 g/mol. The maximum atomic E-state index is 11.1. The van der Waals surface area contributed by atoms with Gasteiger partial charge in [-0.05, 0) is 28.8 Å². The van der Waals surface area contributed by atoms with Crippen LogP contribution >= 0.6 is 0 Å². The van der Waals surface area contributed by atoms with Gasteiger partial charge in [-0.2, -0.15) is 0 Å². The molecule has 34 heavy (non-hydrogen) atoms. The van der Waals surface area contributed by atoms with Gasteiger partial charge in [-0.1, -0.05) is 78.9 Å². The number of nitrogens with zero attached hydrogens (tertiary/aromatic N) is 1. The first-order valence-corrected chi connectivity index (χ1v) is 11.4. The molecule has 2 aliphatic heterocycles. The second-order valence-electron chi connectivity index (χ2n) is 8.83. The molecule has 6 rings (SSSR count). The SMILES string of the molecule is OC[C@@]1(c2cc3c(cc2O)OCO3)CN(C(c2ccccc2)c2ccccc2)c2ccccc21. The van der Waals surface area contributed by atoms with Crippen molar-refractivity contribution in [2.75, 3.05) is 24.8 Å². The van der Waals surface area contributed by atoms with E-state index in [0.717, 1.165) is 22.4 Å². The summed E-state index contributed by atoms with van der Waals surface area (Å²) in [5.41, 5.74) is 4.13.